The van der Waals surface area contributed by atoms with Gasteiger partial charge in [0, 0.05) is 45.5 Å². The Labute approximate surface area is 199 Å². The molecule has 0 unspecified atom stereocenters. The third-order valence-electron chi connectivity index (χ3n) is 4.69. The zero-order valence-electron chi connectivity index (χ0n) is 18.1. The lowest BCUT2D eigenvalue weighted by Gasteiger charge is -2.34. The second-order valence-corrected chi connectivity index (χ2v) is 7.09. The lowest BCUT2D eigenvalue weighted by molar-refractivity contribution is -0.153. The highest BCUT2D eigenvalue weighted by Crippen LogP contribution is 2.23. The fourth-order valence-electron chi connectivity index (χ4n) is 3.21. The number of ether oxygens (including phenoxy) is 3. The number of piperidine rings is 1. The molecule has 0 saturated carbocycles. The van der Waals surface area contributed by atoms with Crippen LogP contribution in [-0.2, 0) is 16.0 Å². The molecule has 1 aliphatic rings. The van der Waals surface area contributed by atoms with Gasteiger partial charge < -0.3 is 24.4 Å². The minimum Gasteiger partial charge on any atom is -0.484 e. The Bertz CT molecular complexity index is 654. The molecule has 1 aliphatic heterocycles. The number of alkyl halides is 3. The summed E-state index contributed by atoms with van der Waals surface area (Å²) in [7, 11) is 1.68. The van der Waals surface area contributed by atoms with Crippen LogP contribution < -0.4 is 10.1 Å². The maximum absolute atomic E-state index is 12.5. The van der Waals surface area contributed by atoms with Gasteiger partial charge in [-0.2, -0.15) is 13.2 Å². The van der Waals surface area contributed by atoms with Crippen molar-refractivity contribution in [2.45, 2.75) is 45.0 Å². The molecule has 178 valence electrons. The van der Waals surface area contributed by atoms with E-state index in [4.69, 9.17) is 14.2 Å². The molecule has 0 radical (unpaired) electrons. The molecule has 0 atom stereocenters. The van der Waals surface area contributed by atoms with Crippen molar-refractivity contribution < 1.29 is 27.4 Å². The third kappa shape index (κ3) is 10.7. The van der Waals surface area contributed by atoms with Crippen molar-refractivity contribution >= 4 is 29.9 Å². The van der Waals surface area contributed by atoms with Crippen molar-refractivity contribution in [2.24, 2.45) is 4.99 Å². The first-order chi connectivity index (χ1) is 14.4. The number of guanidine groups is 1. The highest BCUT2D eigenvalue weighted by atomic mass is 127. The SMILES string of the molecule is CCNC(=NCc1ccccc1OCC(F)(F)F)N1CCC(OCCCOC)CC1.I. The topological polar surface area (TPSA) is 55.3 Å². The van der Waals surface area contributed by atoms with Crippen molar-refractivity contribution in [1.82, 2.24) is 10.2 Å². The number of halogens is 4. The molecule has 0 aliphatic carbocycles. The van der Waals surface area contributed by atoms with Crippen LogP contribution in [0, 0.1) is 0 Å². The Kier molecular flexibility index (Phi) is 13.2. The van der Waals surface area contributed by atoms with Crippen LogP contribution in [0.3, 0.4) is 0 Å². The number of rotatable bonds is 10. The maximum atomic E-state index is 12.5. The monoisotopic (exact) mass is 559 g/mol. The normalized spacial score (nSPS) is 15.5. The average Bonchev–Trinajstić information content (AvgIpc) is 2.73. The molecular formula is C21H33F3IN3O3. The van der Waals surface area contributed by atoms with Gasteiger partial charge in [0.1, 0.15) is 5.75 Å². The second-order valence-electron chi connectivity index (χ2n) is 7.09. The number of nitrogens with one attached hydrogen (secondary N) is 1. The van der Waals surface area contributed by atoms with E-state index < -0.39 is 12.8 Å². The van der Waals surface area contributed by atoms with Crippen molar-refractivity contribution in [1.29, 1.82) is 0 Å². The first-order valence-electron chi connectivity index (χ1n) is 10.3. The van der Waals surface area contributed by atoms with E-state index in [0.29, 0.717) is 25.3 Å². The summed E-state index contributed by atoms with van der Waals surface area (Å²) in [5, 5.41) is 3.27. The molecule has 0 spiro atoms. The minimum absolute atomic E-state index is 0. The standard InChI is InChI=1S/C21H32F3N3O3.HI/c1-3-25-20(27-11-9-18(10-12-27)29-14-6-13-28-2)26-15-17-7-4-5-8-19(17)30-16-21(22,23)24;/h4-5,7-8,18H,3,6,9-16H2,1-2H3,(H,25,26);1H. The highest BCUT2D eigenvalue weighted by Gasteiger charge is 2.28. The molecular weight excluding hydrogens is 526 g/mol. The zero-order chi connectivity index (χ0) is 21.8. The molecule has 0 aromatic heterocycles. The van der Waals surface area contributed by atoms with Crippen LogP contribution in [0.4, 0.5) is 13.2 Å². The van der Waals surface area contributed by atoms with E-state index in [2.05, 4.69) is 15.2 Å². The summed E-state index contributed by atoms with van der Waals surface area (Å²) in [6.07, 6.45) is -1.44. The number of methoxy groups -OCH3 is 1. The van der Waals surface area contributed by atoms with E-state index in [1.165, 1.54) is 6.07 Å². The number of aliphatic imine (C=N–C) groups is 1. The fraction of sp³-hybridized carbons (Fsp3) is 0.667. The summed E-state index contributed by atoms with van der Waals surface area (Å²) in [6, 6.07) is 6.70. The van der Waals surface area contributed by atoms with Crippen LogP contribution in [0.25, 0.3) is 0 Å². The molecule has 1 saturated heterocycles. The summed E-state index contributed by atoms with van der Waals surface area (Å²) in [5.41, 5.74) is 0.619. The fourth-order valence-corrected chi connectivity index (χ4v) is 3.21. The lowest BCUT2D eigenvalue weighted by atomic mass is 10.1. The van der Waals surface area contributed by atoms with Gasteiger partial charge in [-0.25, -0.2) is 4.99 Å². The van der Waals surface area contributed by atoms with Crippen molar-refractivity contribution in [3.8, 4) is 5.75 Å². The quantitative estimate of drug-likeness (QED) is 0.201. The molecule has 31 heavy (non-hydrogen) atoms. The molecule has 1 fully saturated rings. The van der Waals surface area contributed by atoms with Gasteiger partial charge in [0.05, 0.1) is 12.6 Å². The molecule has 2 rings (SSSR count). The third-order valence-corrected chi connectivity index (χ3v) is 4.69. The number of para-hydroxylation sites is 1. The highest BCUT2D eigenvalue weighted by molar-refractivity contribution is 14.0. The first-order valence-corrected chi connectivity index (χ1v) is 10.3. The number of nitrogens with zero attached hydrogens (tertiary/aromatic N) is 2. The molecule has 6 nitrogen and oxygen atoms in total. The van der Waals surface area contributed by atoms with E-state index in [1.807, 2.05) is 6.92 Å². The van der Waals surface area contributed by atoms with Crippen LogP contribution in [0.2, 0.25) is 0 Å². The van der Waals surface area contributed by atoms with E-state index in [0.717, 1.165) is 38.3 Å². The second kappa shape index (κ2) is 14.7. The van der Waals surface area contributed by atoms with Crippen LogP contribution >= 0.6 is 24.0 Å². The van der Waals surface area contributed by atoms with Gasteiger partial charge in [0.25, 0.3) is 0 Å². The number of likely N-dealkylation sites (tertiary alicyclic amines) is 1. The van der Waals surface area contributed by atoms with E-state index in [1.54, 1.807) is 25.3 Å². The summed E-state index contributed by atoms with van der Waals surface area (Å²) in [5.74, 6) is 0.957. The molecule has 1 N–H and O–H groups in total. The van der Waals surface area contributed by atoms with E-state index >= 15 is 0 Å². The predicted molar refractivity (Wildman–Crippen MR) is 125 cm³/mol. The smallest absolute Gasteiger partial charge is 0.422 e. The summed E-state index contributed by atoms with van der Waals surface area (Å²) < 4.78 is 53.4. The maximum Gasteiger partial charge on any atom is 0.422 e. The molecule has 1 aromatic carbocycles. The van der Waals surface area contributed by atoms with Crippen molar-refractivity contribution in [3.63, 3.8) is 0 Å². The van der Waals surface area contributed by atoms with E-state index in [-0.39, 0.29) is 42.4 Å². The minimum atomic E-state index is -4.37. The first kappa shape index (κ1) is 27.8. The summed E-state index contributed by atoms with van der Waals surface area (Å²) >= 11 is 0. The van der Waals surface area contributed by atoms with Gasteiger partial charge in [0.15, 0.2) is 12.6 Å². The van der Waals surface area contributed by atoms with Crippen LogP contribution in [0.5, 0.6) is 5.75 Å². The van der Waals surface area contributed by atoms with Gasteiger partial charge >= 0.3 is 6.18 Å². The van der Waals surface area contributed by atoms with Crippen LogP contribution in [-0.4, -0.2) is 69.7 Å². The largest absolute Gasteiger partial charge is 0.484 e. The van der Waals surface area contributed by atoms with Crippen LogP contribution in [0.15, 0.2) is 29.3 Å². The number of hydrogen-bond donors (Lipinski definition) is 1. The Morgan fingerprint density at radius 1 is 1.19 bits per heavy atom. The van der Waals surface area contributed by atoms with Gasteiger partial charge in [-0.05, 0) is 32.3 Å². The Morgan fingerprint density at radius 3 is 2.55 bits per heavy atom. The van der Waals surface area contributed by atoms with Crippen molar-refractivity contribution in [3.05, 3.63) is 29.8 Å². The predicted octanol–water partition coefficient (Wildman–Crippen LogP) is 4.23. The molecule has 0 amide bonds. The van der Waals surface area contributed by atoms with E-state index in [9.17, 15) is 13.2 Å². The van der Waals surface area contributed by atoms with Gasteiger partial charge in [-0.1, -0.05) is 18.2 Å². The molecule has 1 heterocycles. The Balaban J connectivity index is 0.00000480. The van der Waals surface area contributed by atoms with Gasteiger partial charge in [-0.3, -0.25) is 0 Å². The lowest BCUT2D eigenvalue weighted by Crippen LogP contribution is -2.47. The molecule has 0 bridgehead atoms. The Morgan fingerprint density at radius 2 is 1.90 bits per heavy atom. The molecule has 1 aromatic rings. The summed E-state index contributed by atoms with van der Waals surface area (Å²) in [6.45, 7) is 4.64. The summed E-state index contributed by atoms with van der Waals surface area (Å²) in [4.78, 5) is 6.80. The van der Waals surface area contributed by atoms with Crippen molar-refractivity contribution in [2.75, 3.05) is 46.6 Å². The van der Waals surface area contributed by atoms with Crippen LogP contribution in [0.1, 0.15) is 31.7 Å². The number of hydrogen-bond acceptors (Lipinski definition) is 4. The van der Waals surface area contributed by atoms with Gasteiger partial charge in [-0.15, -0.1) is 24.0 Å². The average molecular weight is 559 g/mol. The Hall–Kier alpha value is -1.27. The molecule has 10 heteroatoms. The number of benzene rings is 1. The zero-order valence-corrected chi connectivity index (χ0v) is 20.4. The van der Waals surface area contributed by atoms with Gasteiger partial charge in [0.2, 0.25) is 0 Å².